The van der Waals surface area contributed by atoms with Gasteiger partial charge in [0.15, 0.2) is 0 Å². The number of halogens is 1. The molecule has 0 N–H and O–H groups in total. The third kappa shape index (κ3) is 3.48. The second kappa shape index (κ2) is 7.12. The van der Waals surface area contributed by atoms with Gasteiger partial charge in [0.1, 0.15) is 11.1 Å². The summed E-state index contributed by atoms with van der Waals surface area (Å²) < 4.78 is 0.962. The molecule has 0 fully saturated rings. The zero-order chi connectivity index (χ0) is 17.1. The second-order valence-electron chi connectivity index (χ2n) is 5.53. The van der Waals surface area contributed by atoms with Gasteiger partial charge in [0.2, 0.25) is 0 Å². The molecule has 0 aliphatic carbocycles. The molecule has 0 unspecified atom stereocenters. The summed E-state index contributed by atoms with van der Waals surface area (Å²) in [7, 11) is 0. The summed E-state index contributed by atoms with van der Waals surface area (Å²) in [5.41, 5.74) is 6.04. The van der Waals surface area contributed by atoms with Crippen molar-refractivity contribution in [3.8, 4) is 17.3 Å². The van der Waals surface area contributed by atoms with Crippen molar-refractivity contribution in [1.29, 1.82) is 5.26 Å². The van der Waals surface area contributed by atoms with Crippen molar-refractivity contribution in [1.82, 2.24) is 4.98 Å². The van der Waals surface area contributed by atoms with Crippen LogP contribution in [-0.4, -0.2) is 4.98 Å². The summed E-state index contributed by atoms with van der Waals surface area (Å²) in [5, 5.41) is 12.3. The van der Waals surface area contributed by atoms with Crippen molar-refractivity contribution < 1.29 is 0 Å². The lowest BCUT2D eigenvalue weighted by Gasteiger charge is -2.02. The van der Waals surface area contributed by atoms with Crippen LogP contribution < -0.4 is 0 Å². The van der Waals surface area contributed by atoms with E-state index in [4.69, 9.17) is 0 Å². The maximum Gasteiger partial charge on any atom is 0.134 e. The Hall–Kier alpha value is -2.22. The van der Waals surface area contributed by atoms with Gasteiger partial charge in [-0.1, -0.05) is 46.3 Å². The first-order valence-electron chi connectivity index (χ1n) is 7.48. The van der Waals surface area contributed by atoms with Crippen molar-refractivity contribution >= 4 is 38.9 Å². The minimum Gasteiger partial charge on any atom is -0.235 e. The van der Waals surface area contributed by atoms with Crippen LogP contribution in [0.3, 0.4) is 0 Å². The van der Waals surface area contributed by atoms with Gasteiger partial charge in [0, 0.05) is 15.4 Å². The molecule has 0 atom stereocenters. The number of nitrogens with zero attached hydrogens (tertiary/aromatic N) is 2. The van der Waals surface area contributed by atoms with Crippen molar-refractivity contribution in [2.24, 2.45) is 0 Å². The maximum absolute atomic E-state index is 9.53. The molecule has 0 bridgehead atoms. The van der Waals surface area contributed by atoms with E-state index < -0.39 is 0 Å². The molecule has 3 aromatic rings. The molecule has 118 valence electrons. The van der Waals surface area contributed by atoms with E-state index in [-0.39, 0.29) is 0 Å². The SMILES string of the molecule is Cc1ccc(-c2csc(/C(C#N)=C/c3ccccc3Br)n2)cc1C. The molecule has 1 heterocycles. The number of benzene rings is 2. The summed E-state index contributed by atoms with van der Waals surface area (Å²) in [6, 6.07) is 16.4. The van der Waals surface area contributed by atoms with Gasteiger partial charge in [-0.2, -0.15) is 5.26 Å². The van der Waals surface area contributed by atoms with Gasteiger partial charge in [-0.3, -0.25) is 0 Å². The summed E-state index contributed by atoms with van der Waals surface area (Å²) in [5.74, 6) is 0. The van der Waals surface area contributed by atoms with Gasteiger partial charge in [-0.25, -0.2) is 4.98 Å². The lowest BCUT2D eigenvalue weighted by Crippen LogP contribution is -1.85. The van der Waals surface area contributed by atoms with E-state index in [0.717, 1.165) is 26.3 Å². The summed E-state index contributed by atoms with van der Waals surface area (Å²) >= 11 is 5.01. The topological polar surface area (TPSA) is 36.7 Å². The van der Waals surface area contributed by atoms with Crippen LogP contribution in [0.15, 0.2) is 52.3 Å². The monoisotopic (exact) mass is 394 g/mol. The third-order valence-corrected chi connectivity index (χ3v) is 5.46. The number of hydrogen-bond donors (Lipinski definition) is 0. The highest BCUT2D eigenvalue weighted by atomic mass is 79.9. The molecular formula is C20H15BrN2S. The number of hydrogen-bond acceptors (Lipinski definition) is 3. The summed E-state index contributed by atoms with van der Waals surface area (Å²) in [4.78, 5) is 4.66. The Kier molecular flexibility index (Phi) is 4.94. The standard InChI is InChI=1S/C20H15BrN2S/c1-13-7-8-16(9-14(13)2)19-12-24-20(23-19)17(11-22)10-15-5-3-4-6-18(15)21/h3-10,12H,1-2H3/b17-10+. The van der Waals surface area contributed by atoms with Crippen molar-refractivity contribution in [3.63, 3.8) is 0 Å². The quantitative estimate of drug-likeness (QED) is 0.491. The number of allylic oxidation sites excluding steroid dienone is 1. The molecule has 0 aliphatic heterocycles. The van der Waals surface area contributed by atoms with Crippen LogP contribution in [0.4, 0.5) is 0 Å². The van der Waals surface area contributed by atoms with Gasteiger partial charge >= 0.3 is 0 Å². The van der Waals surface area contributed by atoms with E-state index in [1.54, 1.807) is 0 Å². The molecular weight excluding hydrogens is 380 g/mol. The van der Waals surface area contributed by atoms with Gasteiger partial charge in [0.05, 0.1) is 11.3 Å². The van der Waals surface area contributed by atoms with E-state index >= 15 is 0 Å². The number of aromatic nitrogens is 1. The molecule has 0 saturated carbocycles. The highest BCUT2D eigenvalue weighted by Crippen LogP contribution is 2.29. The number of nitriles is 1. The molecule has 2 nitrogen and oxygen atoms in total. The Morgan fingerprint density at radius 3 is 2.67 bits per heavy atom. The predicted octanol–water partition coefficient (Wildman–Crippen LogP) is 6.25. The lowest BCUT2D eigenvalue weighted by molar-refractivity contribution is 1.32. The summed E-state index contributed by atoms with van der Waals surface area (Å²) in [6.45, 7) is 4.19. The largest absolute Gasteiger partial charge is 0.235 e. The molecule has 1 aromatic heterocycles. The van der Waals surface area contributed by atoms with Gasteiger partial charge in [-0.15, -0.1) is 11.3 Å². The summed E-state index contributed by atoms with van der Waals surface area (Å²) in [6.07, 6.45) is 1.87. The van der Waals surface area contributed by atoms with E-state index in [1.807, 2.05) is 35.7 Å². The molecule has 2 aromatic carbocycles. The molecule has 3 rings (SSSR count). The number of thiazole rings is 1. The molecule has 0 aliphatic rings. The zero-order valence-corrected chi connectivity index (χ0v) is 15.8. The van der Waals surface area contributed by atoms with Gasteiger partial charge < -0.3 is 0 Å². The van der Waals surface area contributed by atoms with Crippen molar-refractivity contribution in [3.05, 3.63) is 74.0 Å². The van der Waals surface area contributed by atoms with E-state index in [0.29, 0.717) is 5.57 Å². The van der Waals surface area contributed by atoms with Gasteiger partial charge in [-0.05, 0) is 48.7 Å². The predicted molar refractivity (Wildman–Crippen MR) is 105 cm³/mol. The van der Waals surface area contributed by atoms with Crippen molar-refractivity contribution in [2.75, 3.05) is 0 Å². The van der Waals surface area contributed by atoms with Crippen LogP contribution in [0.5, 0.6) is 0 Å². The Labute approximate surface area is 154 Å². The first kappa shape index (κ1) is 16.6. The van der Waals surface area contributed by atoms with Crippen LogP contribution in [0.25, 0.3) is 22.9 Å². The average molecular weight is 395 g/mol. The highest BCUT2D eigenvalue weighted by Gasteiger charge is 2.10. The molecule has 0 radical (unpaired) electrons. The molecule has 0 saturated heterocycles. The van der Waals surface area contributed by atoms with Crippen molar-refractivity contribution in [2.45, 2.75) is 13.8 Å². The minimum atomic E-state index is 0.571. The maximum atomic E-state index is 9.53. The van der Waals surface area contributed by atoms with Crippen LogP contribution >= 0.6 is 27.3 Å². The average Bonchev–Trinajstić information content (AvgIpc) is 3.06. The van der Waals surface area contributed by atoms with Crippen LogP contribution in [0, 0.1) is 25.2 Å². The highest BCUT2D eigenvalue weighted by molar-refractivity contribution is 9.10. The molecule has 24 heavy (non-hydrogen) atoms. The number of aryl methyl sites for hydroxylation is 2. The Morgan fingerprint density at radius 1 is 1.17 bits per heavy atom. The normalized spacial score (nSPS) is 11.3. The van der Waals surface area contributed by atoms with E-state index in [9.17, 15) is 5.26 Å². The van der Waals surface area contributed by atoms with Crippen LogP contribution in [-0.2, 0) is 0 Å². The first-order valence-corrected chi connectivity index (χ1v) is 9.15. The van der Waals surface area contributed by atoms with E-state index in [2.05, 4.69) is 59.0 Å². The fourth-order valence-corrected chi connectivity index (χ4v) is 3.51. The second-order valence-corrected chi connectivity index (χ2v) is 7.24. The Morgan fingerprint density at radius 2 is 1.96 bits per heavy atom. The minimum absolute atomic E-state index is 0.571. The fraction of sp³-hybridized carbons (Fsp3) is 0.100. The third-order valence-electron chi connectivity index (χ3n) is 3.86. The fourth-order valence-electron chi connectivity index (χ4n) is 2.32. The van der Waals surface area contributed by atoms with E-state index in [1.165, 1.54) is 22.5 Å². The molecule has 4 heteroatoms. The molecule has 0 amide bonds. The zero-order valence-electron chi connectivity index (χ0n) is 13.4. The Balaban J connectivity index is 1.98. The smallest absolute Gasteiger partial charge is 0.134 e. The first-order chi connectivity index (χ1) is 11.6. The Bertz CT molecular complexity index is 964. The number of rotatable bonds is 3. The lowest BCUT2D eigenvalue weighted by atomic mass is 10.1. The van der Waals surface area contributed by atoms with Crippen LogP contribution in [0.2, 0.25) is 0 Å². The molecule has 0 spiro atoms. The van der Waals surface area contributed by atoms with Crippen LogP contribution in [0.1, 0.15) is 21.7 Å². The van der Waals surface area contributed by atoms with Gasteiger partial charge in [0.25, 0.3) is 0 Å².